The van der Waals surface area contributed by atoms with Gasteiger partial charge in [0.1, 0.15) is 5.82 Å². The highest BCUT2D eigenvalue weighted by molar-refractivity contribution is 9.10. The van der Waals surface area contributed by atoms with Crippen LogP contribution in [0.1, 0.15) is 24.3 Å². The summed E-state index contributed by atoms with van der Waals surface area (Å²) in [5, 5.41) is 2.25. The first-order chi connectivity index (χ1) is 7.58. The molecule has 1 unspecified atom stereocenters. The molecule has 3 nitrogen and oxygen atoms in total. The lowest BCUT2D eigenvalue weighted by atomic mass is 9.90. The van der Waals surface area contributed by atoms with E-state index in [9.17, 15) is 14.0 Å². The molecule has 1 saturated heterocycles. The predicted octanol–water partition coefficient (Wildman–Crippen LogP) is 2.11. The zero-order valence-corrected chi connectivity index (χ0v) is 9.88. The number of rotatable bonds is 1. The summed E-state index contributed by atoms with van der Waals surface area (Å²) in [7, 11) is 0. The highest BCUT2D eigenvalue weighted by Gasteiger charge is 2.28. The number of piperidine rings is 1. The van der Waals surface area contributed by atoms with Crippen LogP contribution in [0.5, 0.6) is 0 Å². The smallest absolute Gasteiger partial charge is 0.234 e. The second kappa shape index (κ2) is 4.33. The minimum atomic E-state index is -0.430. The maximum Gasteiger partial charge on any atom is 0.234 e. The summed E-state index contributed by atoms with van der Waals surface area (Å²) < 4.78 is 13.7. The summed E-state index contributed by atoms with van der Waals surface area (Å²) in [5.41, 5.74) is 0.603. The lowest BCUT2D eigenvalue weighted by Crippen LogP contribution is -2.39. The van der Waals surface area contributed by atoms with Crippen molar-refractivity contribution < 1.29 is 14.0 Å². The number of amides is 2. The number of hydrogen-bond acceptors (Lipinski definition) is 2. The van der Waals surface area contributed by atoms with Gasteiger partial charge in [0.2, 0.25) is 11.8 Å². The largest absolute Gasteiger partial charge is 0.296 e. The van der Waals surface area contributed by atoms with Gasteiger partial charge in [0, 0.05) is 6.42 Å². The Labute approximate surface area is 100 Å². The van der Waals surface area contributed by atoms with E-state index in [4.69, 9.17) is 0 Å². The standard InChI is InChI=1S/C11H9BrFNO2/c12-8-3-1-6(5-9(8)13)7-2-4-10(15)14-11(7)16/h1,3,5,7H,2,4H2,(H,14,15,16). The molecule has 1 aliphatic heterocycles. The van der Waals surface area contributed by atoms with E-state index in [1.54, 1.807) is 12.1 Å². The maximum absolute atomic E-state index is 13.3. The van der Waals surface area contributed by atoms with Crippen molar-refractivity contribution >= 4 is 27.7 Å². The van der Waals surface area contributed by atoms with Gasteiger partial charge in [-0.3, -0.25) is 14.9 Å². The Kier molecular flexibility index (Phi) is 3.05. The first-order valence-corrected chi connectivity index (χ1v) is 5.66. The summed E-state index contributed by atoms with van der Waals surface area (Å²) in [4.78, 5) is 22.5. The van der Waals surface area contributed by atoms with Gasteiger partial charge in [0.25, 0.3) is 0 Å². The van der Waals surface area contributed by atoms with E-state index in [-0.39, 0.29) is 11.8 Å². The van der Waals surface area contributed by atoms with E-state index in [1.807, 2.05) is 0 Å². The van der Waals surface area contributed by atoms with E-state index in [2.05, 4.69) is 21.2 Å². The van der Waals surface area contributed by atoms with Gasteiger partial charge in [-0.25, -0.2) is 4.39 Å². The topological polar surface area (TPSA) is 46.2 Å². The molecule has 5 heteroatoms. The number of imide groups is 1. The van der Waals surface area contributed by atoms with Crippen LogP contribution >= 0.6 is 15.9 Å². The van der Waals surface area contributed by atoms with Crippen LogP contribution in [0.25, 0.3) is 0 Å². The Hall–Kier alpha value is -1.23. The highest BCUT2D eigenvalue weighted by atomic mass is 79.9. The third-order valence-corrected chi connectivity index (χ3v) is 3.23. The van der Waals surface area contributed by atoms with Crippen molar-refractivity contribution in [2.75, 3.05) is 0 Å². The Bertz CT molecular complexity index is 461. The monoisotopic (exact) mass is 285 g/mol. The van der Waals surface area contributed by atoms with Gasteiger partial charge in [-0.1, -0.05) is 6.07 Å². The summed E-state index contributed by atoms with van der Waals surface area (Å²) in [6, 6.07) is 4.58. The summed E-state index contributed by atoms with van der Waals surface area (Å²) in [6.07, 6.45) is 0.736. The number of hydrogen-bond donors (Lipinski definition) is 1. The van der Waals surface area contributed by atoms with E-state index in [0.29, 0.717) is 22.9 Å². The van der Waals surface area contributed by atoms with Gasteiger partial charge in [0.15, 0.2) is 0 Å². The Morgan fingerprint density at radius 3 is 2.75 bits per heavy atom. The van der Waals surface area contributed by atoms with Crippen molar-refractivity contribution in [2.45, 2.75) is 18.8 Å². The summed E-state index contributed by atoms with van der Waals surface area (Å²) in [6.45, 7) is 0. The van der Waals surface area contributed by atoms with E-state index in [0.717, 1.165) is 0 Å². The van der Waals surface area contributed by atoms with Gasteiger partial charge < -0.3 is 0 Å². The fraction of sp³-hybridized carbons (Fsp3) is 0.273. The molecule has 2 amide bonds. The number of carbonyl (C=O) groups excluding carboxylic acids is 2. The van der Waals surface area contributed by atoms with Crippen LogP contribution in [0, 0.1) is 5.82 Å². The van der Waals surface area contributed by atoms with Crippen LogP contribution in [-0.4, -0.2) is 11.8 Å². The lowest BCUT2D eigenvalue weighted by Gasteiger charge is -2.21. The zero-order valence-electron chi connectivity index (χ0n) is 8.30. The van der Waals surface area contributed by atoms with Gasteiger partial charge in [-0.05, 0) is 40.0 Å². The third-order valence-electron chi connectivity index (χ3n) is 2.59. The fourth-order valence-electron chi connectivity index (χ4n) is 1.74. The van der Waals surface area contributed by atoms with Crippen LogP contribution in [0.15, 0.2) is 22.7 Å². The van der Waals surface area contributed by atoms with E-state index >= 15 is 0 Å². The third kappa shape index (κ3) is 2.14. The van der Waals surface area contributed by atoms with Crippen molar-refractivity contribution in [3.05, 3.63) is 34.1 Å². The number of carbonyl (C=O) groups is 2. The highest BCUT2D eigenvalue weighted by Crippen LogP contribution is 2.27. The molecule has 16 heavy (non-hydrogen) atoms. The Balaban J connectivity index is 2.27. The summed E-state index contributed by atoms with van der Waals surface area (Å²) in [5.74, 6) is -1.45. The quantitative estimate of drug-likeness (QED) is 0.804. The first-order valence-electron chi connectivity index (χ1n) is 4.86. The van der Waals surface area contributed by atoms with Crippen LogP contribution in [0.4, 0.5) is 4.39 Å². The van der Waals surface area contributed by atoms with Gasteiger partial charge >= 0.3 is 0 Å². The van der Waals surface area contributed by atoms with Crippen LogP contribution in [-0.2, 0) is 9.59 Å². The average Bonchev–Trinajstić information content (AvgIpc) is 2.22. The molecule has 84 valence electrons. The van der Waals surface area contributed by atoms with E-state index in [1.165, 1.54) is 6.07 Å². The molecule has 0 saturated carbocycles. The maximum atomic E-state index is 13.3. The molecule has 0 spiro atoms. The molecule has 1 aromatic rings. The van der Waals surface area contributed by atoms with Crippen molar-refractivity contribution in [1.29, 1.82) is 0 Å². The van der Waals surface area contributed by atoms with Crippen molar-refractivity contribution in [2.24, 2.45) is 0 Å². The molecule has 0 aromatic heterocycles. The minimum Gasteiger partial charge on any atom is -0.296 e. The number of halogens is 2. The fourth-order valence-corrected chi connectivity index (χ4v) is 1.99. The summed E-state index contributed by atoms with van der Waals surface area (Å²) >= 11 is 3.05. The van der Waals surface area contributed by atoms with Crippen LogP contribution < -0.4 is 5.32 Å². The van der Waals surface area contributed by atoms with Crippen molar-refractivity contribution in [1.82, 2.24) is 5.32 Å². The van der Waals surface area contributed by atoms with Gasteiger partial charge in [-0.2, -0.15) is 0 Å². The molecule has 1 fully saturated rings. The molecule has 1 atom stereocenters. The number of benzene rings is 1. The average molecular weight is 286 g/mol. The lowest BCUT2D eigenvalue weighted by molar-refractivity contribution is -0.134. The second-order valence-electron chi connectivity index (χ2n) is 3.68. The number of nitrogens with one attached hydrogen (secondary N) is 1. The molecule has 1 heterocycles. The Morgan fingerprint density at radius 2 is 2.12 bits per heavy atom. The molecule has 0 radical (unpaired) electrons. The molecule has 0 bridgehead atoms. The SMILES string of the molecule is O=C1CCC(c2ccc(Br)c(F)c2)C(=O)N1. The Morgan fingerprint density at radius 1 is 1.38 bits per heavy atom. The van der Waals surface area contributed by atoms with Gasteiger partial charge in [0.05, 0.1) is 10.4 Å². The second-order valence-corrected chi connectivity index (χ2v) is 4.53. The van der Waals surface area contributed by atoms with Gasteiger partial charge in [-0.15, -0.1) is 0 Å². The predicted molar refractivity (Wildman–Crippen MR) is 59.2 cm³/mol. The zero-order chi connectivity index (χ0) is 11.7. The first kappa shape index (κ1) is 11.3. The molecule has 2 rings (SSSR count). The molecule has 1 N–H and O–H groups in total. The molecular weight excluding hydrogens is 277 g/mol. The normalized spacial score (nSPS) is 20.8. The molecule has 1 aliphatic rings. The van der Waals surface area contributed by atoms with E-state index < -0.39 is 11.7 Å². The van der Waals surface area contributed by atoms with Crippen molar-refractivity contribution in [3.63, 3.8) is 0 Å². The minimum absolute atomic E-state index is 0.265. The van der Waals surface area contributed by atoms with Crippen LogP contribution in [0.3, 0.4) is 0 Å². The molecular formula is C11H9BrFNO2. The molecule has 1 aromatic carbocycles. The molecule has 0 aliphatic carbocycles. The van der Waals surface area contributed by atoms with Crippen molar-refractivity contribution in [3.8, 4) is 0 Å². The van der Waals surface area contributed by atoms with Crippen LogP contribution in [0.2, 0.25) is 0 Å².